The highest BCUT2D eigenvalue weighted by molar-refractivity contribution is 5.88. The number of amides is 1. The third-order valence-corrected chi connectivity index (χ3v) is 4.37. The molecule has 0 saturated carbocycles. The SMILES string of the molecule is CC(=O)Nc1ccc2c(c1)OCc1cc(-c3cnn(C(C)C)c3)nn1C2. The molecule has 0 spiro atoms. The summed E-state index contributed by atoms with van der Waals surface area (Å²) in [4.78, 5) is 11.2. The molecule has 3 heterocycles. The summed E-state index contributed by atoms with van der Waals surface area (Å²) in [6.07, 6.45) is 3.86. The molecule has 0 bridgehead atoms. The summed E-state index contributed by atoms with van der Waals surface area (Å²) in [5.41, 5.74) is 4.67. The van der Waals surface area contributed by atoms with Crippen LogP contribution >= 0.6 is 0 Å². The molecule has 26 heavy (non-hydrogen) atoms. The Labute approximate surface area is 151 Å². The van der Waals surface area contributed by atoms with Gasteiger partial charge in [-0.05, 0) is 26.0 Å². The molecule has 0 aliphatic carbocycles. The number of carbonyl (C=O) groups is 1. The lowest BCUT2D eigenvalue weighted by atomic mass is 10.2. The van der Waals surface area contributed by atoms with Gasteiger partial charge in [0.1, 0.15) is 12.4 Å². The largest absolute Gasteiger partial charge is 0.487 e. The molecule has 2 aromatic heterocycles. The summed E-state index contributed by atoms with van der Waals surface area (Å²) in [7, 11) is 0. The van der Waals surface area contributed by atoms with Crippen LogP contribution in [0.1, 0.15) is 38.1 Å². The van der Waals surface area contributed by atoms with Crippen LogP contribution < -0.4 is 10.1 Å². The molecule has 134 valence electrons. The topological polar surface area (TPSA) is 74.0 Å². The van der Waals surface area contributed by atoms with E-state index in [0.29, 0.717) is 19.2 Å². The average Bonchev–Trinajstić information content (AvgIpc) is 3.18. The Morgan fingerprint density at radius 3 is 2.88 bits per heavy atom. The van der Waals surface area contributed by atoms with Gasteiger partial charge in [-0.25, -0.2) is 0 Å². The maximum absolute atomic E-state index is 11.2. The molecule has 4 rings (SSSR count). The Morgan fingerprint density at radius 1 is 1.31 bits per heavy atom. The van der Waals surface area contributed by atoms with Crippen LogP contribution in [0.4, 0.5) is 5.69 Å². The molecule has 0 fully saturated rings. The summed E-state index contributed by atoms with van der Waals surface area (Å²) < 4.78 is 9.85. The molecule has 0 unspecified atom stereocenters. The Kier molecular flexibility index (Phi) is 3.99. The normalized spacial score (nSPS) is 12.9. The fourth-order valence-corrected chi connectivity index (χ4v) is 3.02. The van der Waals surface area contributed by atoms with Gasteiger partial charge in [0, 0.05) is 42.0 Å². The van der Waals surface area contributed by atoms with Gasteiger partial charge in [-0.1, -0.05) is 6.07 Å². The van der Waals surface area contributed by atoms with Crippen LogP contribution in [0.25, 0.3) is 11.3 Å². The molecule has 0 saturated heterocycles. The predicted octanol–water partition coefficient (Wildman–Crippen LogP) is 3.23. The summed E-state index contributed by atoms with van der Waals surface area (Å²) in [6, 6.07) is 8.07. The lowest BCUT2D eigenvalue weighted by Crippen LogP contribution is -2.06. The first-order chi connectivity index (χ1) is 12.5. The van der Waals surface area contributed by atoms with Gasteiger partial charge in [-0.15, -0.1) is 0 Å². The molecule has 0 atom stereocenters. The van der Waals surface area contributed by atoms with E-state index in [2.05, 4.69) is 24.3 Å². The molecule has 1 aliphatic heterocycles. The first-order valence-corrected chi connectivity index (χ1v) is 8.64. The Morgan fingerprint density at radius 2 is 2.15 bits per heavy atom. The van der Waals surface area contributed by atoms with Crippen LogP contribution in [0.3, 0.4) is 0 Å². The highest BCUT2D eigenvalue weighted by Gasteiger charge is 2.18. The lowest BCUT2D eigenvalue weighted by molar-refractivity contribution is -0.114. The van der Waals surface area contributed by atoms with E-state index in [1.54, 1.807) is 0 Å². The predicted molar refractivity (Wildman–Crippen MR) is 98.0 cm³/mol. The van der Waals surface area contributed by atoms with Crippen molar-refractivity contribution >= 4 is 11.6 Å². The minimum Gasteiger partial charge on any atom is -0.487 e. The third kappa shape index (κ3) is 3.08. The number of benzene rings is 1. The average molecular weight is 351 g/mol. The zero-order valence-corrected chi connectivity index (χ0v) is 15.1. The van der Waals surface area contributed by atoms with Crippen molar-refractivity contribution in [2.75, 3.05) is 5.32 Å². The smallest absolute Gasteiger partial charge is 0.221 e. The van der Waals surface area contributed by atoms with Gasteiger partial charge in [0.15, 0.2) is 0 Å². The Balaban J connectivity index is 1.61. The van der Waals surface area contributed by atoms with Crippen molar-refractivity contribution in [2.45, 2.75) is 40.0 Å². The van der Waals surface area contributed by atoms with Gasteiger partial charge in [0.05, 0.1) is 24.1 Å². The number of anilines is 1. The quantitative estimate of drug-likeness (QED) is 0.786. The zero-order valence-electron chi connectivity index (χ0n) is 15.1. The van der Waals surface area contributed by atoms with E-state index >= 15 is 0 Å². The van der Waals surface area contributed by atoms with Gasteiger partial charge in [0.25, 0.3) is 0 Å². The molecule has 7 heteroatoms. The molecular formula is C19H21N5O2. The number of ether oxygens (including phenoxy) is 1. The number of nitrogens with one attached hydrogen (secondary N) is 1. The van der Waals surface area contributed by atoms with Crippen LogP contribution in [-0.4, -0.2) is 25.5 Å². The molecular weight excluding hydrogens is 330 g/mol. The molecule has 1 amide bonds. The van der Waals surface area contributed by atoms with Crippen molar-refractivity contribution in [1.82, 2.24) is 19.6 Å². The summed E-state index contributed by atoms with van der Waals surface area (Å²) >= 11 is 0. The van der Waals surface area contributed by atoms with E-state index in [1.165, 1.54) is 6.92 Å². The van der Waals surface area contributed by atoms with Crippen LogP contribution in [-0.2, 0) is 17.9 Å². The van der Waals surface area contributed by atoms with E-state index in [-0.39, 0.29) is 5.91 Å². The van der Waals surface area contributed by atoms with Crippen molar-refractivity contribution < 1.29 is 9.53 Å². The second-order valence-corrected chi connectivity index (χ2v) is 6.77. The van der Waals surface area contributed by atoms with E-state index in [0.717, 1.165) is 34.0 Å². The monoisotopic (exact) mass is 351 g/mol. The Bertz CT molecular complexity index is 970. The molecule has 3 aromatic rings. The van der Waals surface area contributed by atoms with Crippen LogP contribution in [0.2, 0.25) is 0 Å². The number of hydrogen-bond acceptors (Lipinski definition) is 4. The van der Waals surface area contributed by atoms with Gasteiger partial charge in [-0.3, -0.25) is 14.2 Å². The minimum atomic E-state index is -0.0990. The van der Waals surface area contributed by atoms with Crippen molar-refractivity contribution in [1.29, 1.82) is 0 Å². The molecule has 1 aliphatic rings. The molecule has 1 N–H and O–H groups in total. The maximum Gasteiger partial charge on any atom is 0.221 e. The van der Waals surface area contributed by atoms with Crippen molar-refractivity contribution in [3.8, 4) is 17.0 Å². The van der Waals surface area contributed by atoms with Gasteiger partial charge in [-0.2, -0.15) is 10.2 Å². The van der Waals surface area contributed by atoms with Crippen LogP contribution in [0.5, 0.6) is 5.75 Å². The first kappa shape index (κ1) is 16.4. The third-order valence-electron chi connectivity index (χ3n) is 4.37. The van der Waals surface area contributed by atoms with E-state index in [9.17, 15) is 4.79 Å². The fourth-order valence-electron chi connectivity index (χ4n) is 3.02. The second-order valence-electron chi connectivity index (χ2n) is 6.77. The van der Waals surface area contributed by atoms with E-state index < -0.39 is 0 Å². The minimum absolute atomic E-state index is 0.0990. The molecule has 1 aromatic carbocycles. The Hall–Kier alpha value is -3.09. The van der Waals surface area contributed by atoms with Crippen LogP contribution in [0, 0.1) is 0 Å². The standard InChI is InChI=1S/C19H21N5O2/c1-12(2)23-10-15(8-20-23)18-7-17-11-26-19-6-16(21-13(3)25)5-4-14(19)9-24(17)22-18/h4-8,10,12H,9,11H2,1-3H3,(H,21,25). The van der Waals surface area contributed by atoms with Gasteiger partial charge in [0.2, 0.25) is 5.91 Å². The molecule has 7 nitrogen and oxygen atoms in total. The number of carbonyl (C=O) groups excluding carboxylic acids is 1. The summed E-state index contributed by atoms with van der Waals surface area (Å²) in [5.74, 6) is 0.675. The zero-order chi connectivity index (χ0) is 18.3. The summed E-state index contributed by atoms with van der Waals surface area (Å²) in [6.45, 7) is 6.74. The number of rotatable bonds is 3. The lowest BCUT2D eigenvalue weighted by Gasteiger charge is -2.09. The highest BCUT2D eigenvalue weighted by atomic mass is 16.5. The summed E-state index contributed by atoms with van der Waals surface area (Å²) in [5, 5.41) is 11.9. The van der Waals surface area contributed by atoms with E-state index in [1.807, 2.05) is 46.0 Å². The van der Waals surface area contributed by atoms with Gasteiger partial charge < -0.3 is 10.1 Å². The number of hydrogen-bond donors (Lipinski definition) is 1. The maximum atomic E-state index is 11.2. The number of fused-ring (bicyclic) bond motifs is 2. The molecule has 0 radical (unpaired) electrons. The van der Waals surface area contributed by atoms with Gasteiger partial charge >= 0.3 is 0 Å². The first-order valence-electron chi connectivity index (χ1n) is 8.64. The van der Waals surface area contributed by atoms with E-state index in [4.69, 9.17) is 9.84 Å². The number of nitrogens with zero attached hydrogens (tertiary/aromatic N) is 4. The van der Waals surface area contributed by atoms with Crippen molar-refractivity contribution in [2.24, 2.45) is 0 Å². The second kappa shape index (κ2) is 6.33. The van der Waals surface area contributed by atoms with Crippen molar-refractivity contribution in [3.63, 3.8) is 0 Å². The number of aromatic nitrogens is 4. The fraction of sp³-hybridized carbons (Fsp3) is 0.316. The highest BCUT2D eigenvalue weighted by Crippen LogP contribution is 2.30. The van der Waals surface area contributed by atoms with Crippen LogP contribution in [0.15, 0.2) is 36.7 Å². The van der Waals surface area contributed by atoms with Crippen molar-refractivity contribution in [3.05, 3.63) is 47.9 Å².